The van der Waals surface area contributed by atoms with Crippen molar-refractivity contribution in [1.29, 1.82) is 0 Å². The Hall–Kier alpha value is -0.560. The van der Waals surface area contributed by atoms with E-state index in [1.54, 1.807) is 0 Å². The van der Waals surface area contributed by atoms with E-state index in [9.17, 15) is 5.11 Å². The molecule has 3 rings (SSSR count). The molecule has 0 aliphatic heterocycles. The van der Waals surface area contributed by atoms with Gasteiger partial charge in [0, 0.05) is 0 Å². The minimum Gasteiger partial charge on any atom is -0.393 e. The van der Waals surface area contributed by atoms with Crippen LogP contribution in [-0.4, -0.2) is 11.2 Å². The van der Waals surface area contributed by atoms with Crippen molar-refractivity contribution in [1.82, 2.24) is 0 Å². The summed E-state index contributed by atoms with van der Waals surface area (Å²) in [6, 6.07) is 0. The molecule has 1 fully saturated rings. The first-order valence-electron chi connectivity index (χ1n) is 9.31. The molecular weight excluding hydrogens is 256 g/mol. The SMILES string of the molecule is OC1CCC(CC(C2CC=CCC2)C2CC=CCC2)CC1. The van der Waals surface area contributed by atoms with Crippen LogP contribution < -0.4 is 0 Å². The van der Waals surface area contributed by atoms with Gasteiger partial charge in [-0.2, -0.15) is 0 Å². The topological polar surface area (TPSA) is 20.2 Å². The highest BCUT2D eigenvalue weighted by Gasteiger charge is 2.32. The fourth-order valence-corrected chi connectivity index (χ4v) is 4.95. The molecule has 1 nitrogen and oxygen atoms in total. The van der Waals surface area contributed by atoms with Gasteiger partial charge in [-0.3, -0.25) is 0 Å². The molecule has 2 unspecified atom stereocenters. The molecule has 0 spiro atoms. The highest BCUT2D eigenvalue weighted by molar-refractivity contribution is 4.98. The van der Waals surface area contributed by atoms with Gasteiger partial charge in [-0.05, 0) is 94.3 Å². The van der Waals surface area contributed by atoms with Crippen LogP contribution in [0.4, 0.5) is 0 Å². The minimum absolute atomic E-state index is 0.00470. The summed E-state index contributed by atoms with van der Waals surface area (Å²) >= 11 is 0. The molecule has 3 aliphatic rings. The Morgan fingerprint density at radius 1 is 0.762 bits per heavy atom. The maximum Gasteiger partial charge on any atom is 0.0540 e. The maximum atomic E-state index is 9.74. The van der Waals surface area contributed by atoms with Gasteiger partial charge in [0.2, 0.25) is 0 Å². The number of aliphatic hydroxyl groups is 1. The van der Waals surface area contributed by atoms with Crippen molar-refractivity contribution in [2.75, 3.05) is 0 Å². The van der Waals surface area contributed by atoms with Crippen LogP contribution in [0.1, 0.15) is 70.6 Å². The Labute approximate surface area is 130 Å². The number of aliphatic hydroxyl groups excluding tert-OH is 1. The van der Waals surface area contributed by atoms with Crippen LogP contribution >= 0.6 is 0 Å². The third kappa shape index (κ3) is 4.22. The fraction of sp³-hybridized carbons (Fsp3) is 0.800. The second-order valence-corrected chi connectivity index (χ2v) is 7.66. The molecule has 0 aromatic carbocycles. The van der Waals surface area contributed by atoms with Gasteiger partial charge in [-0.1, -0.05) is 24.3 Å². The predicted octanol–water partition coefficient (Wildman–Crippen LogP) is 5.26. The zero-order valence-corrected chi connectivity index (χ0v) is 13.4. The molecule has 2 atom stereocenters. The largest absolute Gasteiger partial charge is 0.393 e. The molecule has 0 saturated heterocycles. The van der Waals surface area contributed by atoms with Crippen molar-refractivity contribution in [3.05, 3.63) is 24.3 Å². The quantitative estimate of drug-likeness (QED) is 0.700. The van der Waals surface area contributed by atoms with E-state index in [2.05, 4.69) is 24.3 Å². The molecule has 1 saturated carbocycles. The van der Waals surface area contributed by atoms with Crippen LogP contribution in [0.15, 0.2) is 24.3 Å². The average Bonchev–Trinajstić information content (AvgIpc) is 2.56. The Morgan fingerprint density at radius 2 is 1.33 bits per heavy atom. The van der Waals surface area contributed by atoms with Crippen molar-refractivity contribution in [2.45, 2.75) is 76.7 Å². The Bertz CT molecular complexity index is 338. The second kappa shape index (κ2) is 7.63. The van der Waals surface area contributed by atoms with Crippen molar-refractivity contribution in [3.63, 3.8) is 0 Å². The van der Waals surface area contributed by atoms with Crippen molar-refractivity contribution >= 4 is 0 Å². The molecule has 3 aliphatic carbocycles. The monoisotopic (exact) mass is 288 g/mol. The first-order valence-corrected chi connectivity index (χ1v) is 9.31. The summed E-state index contributed by atoms with van der Waals surface area (Å²) in [6.07, 6.45) is 23.8. The molecule has 118 valence electrons. The number of hydrogen-bond donors (Lipinski definition) is 1. The molecule has 0 aromatic heterocycles. The van der Waals surface area contributed by atoms with Gasteiger partial charge in [0.1, 0.15) is 0 Å². The van der Waals surface area contributed by atoms with Crippen molar-refractivity contribution in [3.8, 4) is 0 Å². The van der Waals surface area contributed by atoms with Gasteiger partial charge >= 0.3 is 0 Å². The summed E-state index contributed by atoms with van der Waals surface area (Å²) in [4.78, 5) is 0. The van der Waals surface area contributed by atoms with Crippen LogP contribution in [0.3, 0.4) is 0 Å². The van der Waals surface area contributed by atoms with Crippen LogP contribution in [-0.2, 0) is 0 Å². The summed E-state index contributed by atoms with van der Waals surface area (Å²) in [5.74, 6) is 3.67. The second-order valence-electron chi connectivity index (χ2n) is 7.66. The normalized spacial score (nSPS) is 38.3. The molecular formula is C20H32O. The van der Waals surface area contributed by atoms with Crippen molar-refractivity contribution in [2.24, 2.45) is 23.7 Å². The molecule has 0 amide bonds. The van der Waals surface area contributed by atoms with E-state index in [0.717, 1.165) is 36.5 Å². The van der Waals surface area contributed by atoms with Crippen LogP contribution in [0, 0.1) is 23.7 Å². The van der Waals surface area contributed by atoms with Gasteiger partial charge in [-0.25, -0.2) is 0 Å². The molecule has 0 heterocycles. The highest BCUT2D eigenvalue weighted by atomic mass is 16.3. The lowest BCUT2D eigenvalue weighted by molar-refractivity contribution is 0.0842. The van der Waals surface area contributed by atoms with Crippen molar-refractivity contribution < 1.29 is 5.11 Å². The number of allylic oxidation sites excluding steroid dienone is 4. The van der Waals surface area contributed by atoms with E-state index in [1.807, 2.05) is 0 Å². The maximum absolute atomic E-state index is 9.74. The fourth-order valence-electron chi connectivity index (χ4n) is 4.95. The first-order chi connectivity index (χ1) is 10.3. The Morgan fingerprint density at radius 3 is 1.81 bits per heavy atom. The van der Waals surface area contributed by atoms with E-state index in [0.29, 0.717) is 0 Å². The Balaban J connectivity index is 1.63. The summed E-state index contributed by atoms with van der Waals surface area (Å²) in [5.41, 5.74) is 0. The molecule has 0 radical (unpaired) electrons. The smallest absolute Gasteiger partial charge is 0.0540 e. The van der Waals surface area contributed by atoms with Gasteiger partial charge in [0.05, 0.1) is 6.10 Å². The molecule has 1 heteroatoms. The summed E-state index contributed by atoms with van der Waals surface area (Å²) in [7, 11) is 0. The lowest BCUT2D eigenvalue weighted by Gasteiger charge is -2.39. The third-order valence-electron chi connectivity index (χ3n) is 6.25. The van der Waals surface area contributed by atoms with Gasteiger partial charge in [0.25, 0.3) is 0 Å². The lowest BCUT2D eigenvalue weighted by atomic mass is 9.67. The molecule has 0 aromatic rings. The van der Waals surface area contributed by atoms with E-state index >= 15 is 0 Å². The zero-order valence-electron chi connectivity index (χ0n) is 13.4. The van der Waals surface area contributed by atoms with E-state index < -0.39 is 0 Å². The first kappa shape index (κ1) is 15.3. The van der Waals surface area contributed by atoms with Gasteiger partial charge < -0.3 is 5.11 Å². The standard InChI is InChI=1S/C20H32O/c21-19-13-11-16(12-14-19)15-20(17-7-3-1-4-8-17)18-9-5-2-6-10-18/h1-3,5,16-21H,4,6-15H2. The summed E-state index contributed by atoms with van der Waals surface area (Å²) < 4.78 is 0. The minimum atomic E-state index is -0.00470. The lowest BCUT2D eigenvalue weighted by Crippen LogP contribution is -2.29. The predicted molar refractivity (Wildman–Crippen MR) is 89.0 cm³/mol. The Kier molecular flexibility index (Phi) is 5.57. The third-order valence-corrected chi connectivity index (χ3v) is 6.25. The van der Waals surface area contributed by atoms with Gasteiger partial charge in [-0.15, -0.1) is 0 Å². The van der Waals surface area contributed by atoms with Crippen LogP contribution in [0.5, 0.6) is 0 Å². The van der Waals surface area contributed by atoms with Crippen LogP contribution in [0.25, 0.3) is 0 Å². The van der Waals surface area contributed by atoms with E-state index in [-0.39, 0.29) is 6.10 Å². The summed E-state index contributed by atoms with van der Waals surface area (Å²) in [5, 5.41) is 9.74. The molecule has 0 bridgehead atoms. The summed E-state index contributed by atoms with van der Waals surface area (Å²) in [6.45, 7) is 0. The van der Waals surface area contributed by atoms with E-state index in [1.165, 1.54) is 57.8 Å². The van der Waals surface area contributed by atoms with Gasteiger partial charge in [0.15, 0.2) is 0 Å². The number of hydrogen-bond acceptors (Lipinski definition) is 1. The molecule has 1 N–H and O–H groups in total. The zero-order chi connectivity index (χ0) is 14.5. The highest BCUT2D eigenvalue weighted by Crippen LogP contribution is 2.42. The average molecular weight is 288 g/mol. The number of rotatable bonds is 4. The molecule has 21 heavy (non-hydrogen) atoms. The van der Waals surface area contributed by atoms with Crippen LogP contribution in [0.2, 0.25) is 0 Å². The van der Waals surface area contributed by atoms with E-state index in [4.69, 9.17) is 0 Å².